The van der Waals surface area contributed by atoms with Crippen LogP contribution < -0.4 is 5.43 Å². The van der Waals surface area contributed by atoms with E-state index in [-0.39, 0.29) is 25.1 Å². The maximum Gasteiger partial charge on any atom is 0.421 e. The highest BCUT2D eigenvalue weighted by Crippen LogP contribution is 2.44. The second-order valence-corrected chi connectivity index (χ2v) is 6.55. The van der Waals surface area contributed by atoms with E-state index < -0.39 is 12.1 Å². The zero-order valence-electron chi connectivity index (χ0n) is 14.8. The van der Waals surface area contributed by atoms with Crippen LogP contribution in [0.2, 0.25) is 0 Å². The molecular formula is C20H22N2O4. The van der Waals surface area contributed by atoms with Crippen molar-refractivity contribution >= 4 is 12.1 Å². The Labute approximate surface area is 152 Å². The minimum atomic E-state index is -1.02. The lowest BCUT2D eigenvalue weighted by Gasteiger charge is -2.25. The predicted molar refractivity (Wildman–Crippen MR) is 97.7 cm³/mol. The van der Waals surface area contributed by atoms with E-state index in [2.05, 4.69) is 17.6 Å². The molecule has 0 unspecified atom stereocenters. The van der Waals surface area contributed by atoms with Crippen LogP contribution >= 0.6 is 0 Å². The molecule has 2 N–H and O–H groups in total. The maximum absolute atomic E-state index is 12.2. The summed E-state index contributed by atoms with van der Waals surface area (Å²) in [6.45, 7) is 3.50. The van der Waals surface area contributed by atoms with Crippen molar-refractivity contribution in [2.45, 2.75) is 25.8 Å². The molecule has 0 aliphatic heterocycles. The third kappa shape index (κ3) is 3.70. The summed E-state index contributed by atoms with van der Waals surface area (Å²) >= 11 is 0. The Morgan fingerprint density at radius 2 is 1.62 bits per heavy atom. The highest BCUT2D eigenvalue weighted by atomic mass is 16.6. The molecule has 2 aromatic carbocycles. The Kier molecular flexibility index (Phi) is 5.23. The maximum atomic E-state index is 12.2. The van der Waals surface area contributed by atoms with Gasteiger partial charge in [-0.1, -0.05) is 48.5 Å². The van der Waals surface area contributed by atoms with Crippen molar-refractivity contribution in [1.29, 1.82) is 0 Å². The molecule has 3 rings (SSSR count). The number of carbonyl (C=O) groups is 2. The minimum absolute atomic E-state index is 0.0277. The summed E-state index contributed by atoms with van der Waals surface area (Å²) in [5.74, 6) is -1.04. The van der Waals surface area contributed by atoms with Gasteiger partial charge in [0.25, 0.3) is 0 Å². The van der Waals surface area contributed by atoms with Crippen LogP contribution in [0.3, 0.4) is 0 Å². The van der Waals surface area contributed by atoms with E-state index in [1.165, 1.54) is 5.01 Å². The Hall–Kier alpha value is -2.86. The molecule has 0 heterocycles. The molecule has 6 nitrogen and oxygen atoms in total. The van der Waals surface area contributed by atoms with Crippen LogP contribution in [0.5, 0.6) is 0 Å². The van der Waals surface area contributed by atoms with Crippen LogP contribution in [0, 0.1) is 0 Å². The molecule has 1 aliphatic rings. The van der Waals surface area contributed by atoms with Gasteiger partial charge in [0.2, 0.25) is 0 Å². The number of carboxylic acids is 1. The fourth-order valence-corrected chi connectivity index (χ4v) is 3.24. The lowest BCUT2D eigenvalue weighted by molar-refractivity contribution is -0.139. The number of carbonyl (C=O) groups excluding carboxylic acids is 1. The molecule has 136 valence electrons. The fourth-order valence-electron chi connectivity index (χ4n) is 3.24. The van der Waals surface area contributed by atoms with Gasteiger partial charge in [0.15, 0.2) is 0 Å². The molecule has 0 radical (unpaired) electrons. The standard InChI is InChI=1S/C20H22N2O4/c1-13(2)22(11-19(23)24)21-20(25)26-12-18-16-9-5-3-7-14(16)15-8-4-6-10-17(15)18/h3-10,13,18H,11-12H2,1-2H3,(H,21,25)(H,23,24). The van der Waals surface area contributed by atoms with Crippen molar-refractivity contribution < 1.29 is 19.4 Å². The van der Waals surface area contributed by atoms with Crippen LogP contribution in [-0.4, -0.2) is 41.4 Å². The van der Waals surface area contributed by atoms with E-state index in [9.17, 15) is 9.59 Å². The molecule has 0 aromatic heterocycles. The Bertz CT molecular complexity index is 773. The van der Waals surface area contributed by atoms with Crippen LogP contribution in [-0.2, 0) is 9.53 Å². The van der Waals surface area contributed by atoms with E-state index in [1.54, 1.807) is 13.8 Å². The zero-order valence-corrected chi connectivity index (χ0v) is 14.8. The third-order valence-corrected chi connectivity index (χ3v) is 4.51. The normalized spacial score (nSPS) is 12.8. The van der Waals surface area contributed by atoms with Crippen LogP contribution in [0.1, 0.15) is 30.9 Å². The highest BCUT2D eigenvalue weighted by Gasteiger charge is 2.29. The second-order valence-electron chi connectivity index (χ2n) is 6.55. The number of hydrogen-bond donors (Lipinski definition) is 2. The van der Waals surface area contributed by atoms with Crippen molar-refractivity contribution in [3.8, 4) is 11.1 Å². The number of nitrogens with zero attached hydrogens (tertiary/aromatic N) is 1. The lowest BCUT2D eigenvalue weighted by Crippen LogP contribution is -2.49. The highest BCUT2D eigenvalue weighted by molar-refractivity contribution is 5.79. The number of aliphatic carboxylic acids is 1. The SMILES string of the molecule is CC(C)N(CC(=O)O)NC(=O)OCC1c2ccccc2-c2ccccc21. The zero-order chi connectivity index (χ0) is 18.7. The Balaban J connectivity index is 1.70. The second kappa shape index (κ2) is 7.58. The van der Waals surface area contributed by atoms with Gasteiger partial charge in [0.1, 0.15) is 13.2 Å². The van der Waals surface area contributed by atoms with Gasteiger partial charge in [-0.05, 0) is 36.1 Å². The molecule has 0 fully saturated rings. The lowest BCUT2D eigenvalue weighted by atomic mass is 9.98. The summed E-state index contributed by atoms with van der Waals surface area (Å²) in [5, 5.41) is 10.3. The number of nitrogens with one attached hydrogen (secondary N) is 1. The number of hydrogen-bond acceptors (Lipinski definition) is 4. The first-order valence-corrected chi connectivity index (χ1v) is 8.57. The number of amides is 1. The number of benzene rings is 2. The number of hydrazine groups is 1. The topological polar surface area (TPSA) is 78.9 Å². The number of rotatable bonds is 6. The number of carboxylic acid groups (broad SMARTS) is 1. The smallest absolute Gasteiger partial charge is 0.421 e. The van der Waals surface area contributed by atoms with E-state index in [1.807, 2.05) is 36.4 Å². The first kappa shape index (κ1) is 17.9. The summed E-state index contributed by atoms with van der Waals surface area (Å²) in [6, 6.07) is 16.0. The molecular weight excluding hydrogens is 332 g/mol. The minimum Gasteiger partial charge on any atom is -0.480 e. The molecule has 6 heteroatoms. The Morgan fingerprint density at radius 1 is 1.08 bits per heavy atom. The molecule has 0 spiro atoms. The van der Waals surface area contributed by atoms with Gasteiger partial charge < -0.3 is 9.84 Å². The van der Waals surface area contributed by atoms with Crippen molar-refractivity contribution in [3.63, 3.8) is 0 Å². The van der Waals surface area contributed by atoms with Crippen LogP contribution in [0.15, 0.2) is 48.5 Å². The van der Waals surface area contributed by atoms with E-state index in [0.717, 1.165) is 22.3 Å². The summed E-state index contributed by atoms with van der Waals surface area (Å²) < 4.78 is 5.42. The monoisotopic (exact) mass is 354 g/mol. The Morgan fingerprint density at radius 3 is 2.12 bits per heavy atom. The average molecular weight is 354 g/mol. The van der Waals surface area contributed by atoms with Gasteiger partial charge in [0.05, 0.1) is 0 Å². The summed E-state index contributed by atoms with van der Waals surface area (Å²) in [4.78, 5) is 23.1. The first-order valence-electron chi connectivity index (χ1n) is 8.57. The summed E-state index contributed by atoms with van der Waals surface area (Å²) in [6.07, 6.45) is -0.651. The van der Waals surface area contributed by atoms with Gasteiger partial charge in [0, 0.05) is 12.0 Å². The fraction of sp³-hybridized carbons (Fsp3) is 0.300. The molecule has 26 heavy (non-hydrogen) atoms. The molecule has 0 saturated heterocycles. The van der Waals surface area contributed by atoms with Gasteiger partial charge in [-0.25, -0.2) is 9.80 Å². The van der Waals surface area contributed by atoms with Crippen LogP contribution in [0.4, 0.5) is 4.79 Å². The average Bonchev–Trinajstić information content (AvgIpc) is 2.93. The van der Waals surface area contributed by atoms with Crippen molar-refractivity contribution in [2.75, 3.05) is 13.2 Å². The summed E-state index contributed by atoms with van der Waals surface area (Å²) in [5.41, 5.74) is 7.09. The van der Waals surface area contributed by atoms with Crippen molar-refractivity contribution in [3.05, 3.63) is 59.7 Å². The molecule has 0 atom stereocenters. The largest absolute Gasteiger partial charge is 0.480 e. The molecule has 2 aromatic rings. The predicted octanol–water partition coefficient (Wildman–Crippen LogP) is 3.24. The molecule has 0 saturated carbocycles. The third-order valence-electron chi connectivity index (χ3n) is 4.51. The molecule has 1 amide bonds. The van der Waals surface area contributed by atoms with Gasteiger partial charge >= 0.3 is 12.1 Å². The van der Waals surface area contributed by atoms with E-state index in [0.29, 0.717) is 0 Å². The molecule has 0 bridgehead atoms. The summed E-state index contributed by atoms with van der Waals surface area (Å²) in [7, 11) is 0. The van der Waals surface area contributed by atoms with Crippen molar-refractivity contribution in [2.24, 2.45) is 0 Å². The first-order chi connectivity index (χ1) is 12.5. The quantitative estimate of drug-likeness (QED) is 0.779. The van der Waals surface area contributed by atoms with Gasteiger partial charge in [-0.3, -0.25) is 10.2 Å². The van der Waals surface area contributed by atoms with Crippen LogP contribution in [0.25, 0.3) is 11.1 Å². The molecule has 1 aliphatic carbocycles. The van der Waals surface area contributed by atoms with E-state index in [4.69, 9.17) is 9.84 Å². The van der Waals surface area contributed by atoms with Crippen molar-refractivity contribution in [1.82, 2.24) is 10.4 Å². The number of ether oxygens (including phenoxy) is 1. The van der Waals surface area contributed by atoms with E-state index >= 15 is 0 Å². The van der Waals surface area contributed by atoms with Gasteiger partial charge in [-0.15, -0.1) is 0 Å². The van der Waals surface area contributed by atoms with Gasteiger partial charge in [-0.2, -0.15) is 0 Å². The number of fused-ring (bicyclic) bond motifs is 3.